The van der Waals surface area contributed by atoms with E-state index in [1.54, 1.807) is 0 Å². The van der Waals surface area contributed by atoms with Gasteiger partial charge in [0, 0.05) is 19.1 Å². The van der Waals surface area contributed by atoms with Gasteiger partial charge in [-0.05, 0) is 26.0 Å². The van der Waals surface area contributed by atoms with Crippen molar-refractivity contribution >= 4 is 5.91 Å². The van der Waals surface area contributed by atoms with E-state index in [2.05, 4.69) is 48.5 Å². The minimum Gasteiger partial charge on any atom is -0.355 e. The van der Waals surface area contributed by atoms with Crippen LogP contribution in [0.3, 0.4) is 0 Å². The van der Waals surface area contributed by atoms with Gasteiger partial charge in [-0.3, -0.25) is 9.69 Å². The van der Waals surface area contributed by atoms with Crippen LogP contribution in [-0.2, 0) is 11.3 Å². The van der Waals surface area contributed by atoms with Gasteiger partial charge in [0.1, 0.15) is 0 Å². The standard InChI is InChI=1S/C14H23N3O/c1-12(8-9-16-14(18)10-15)17(2)11-13-6-4-3-5-7-13/h3-7,12H,8-11,15H2,1-2H3,(H,16,18). The van der Waals surface area contributed by atoms with Crippen molar-refractivity contribution in [3.05, 3.63) is 35.9 Å². The second kappa shape index (κ2) is 7.84. The summed E-state index contributed by atoms with van der Waals surface area (Å²) in [6, 6.07) is 10.8. The summed E-state index contributed by atoms with van der Waals surface area (Å²) in [5.41, 5.74) is 6.53. The molecule has 1 rings (SSSR count). The van der Waals surface area contributed by atoms with Crippen LogP contribution in [0.1, 0.15) is 18.9 Å². The number of hydrogen-bond donors (Lipinski definition) is 2. The highest BCUT2D eigenvalue weighted by Crippen LogP contribution is 2.07. The molecular formula is C14H23N3O. The van der Waals surface area contributed by atoms with Crippen molar-refractivity contribution in [2.24, 2.45) is 5.73 Å². The smallest absolute Gasteiger partial charge is 0.233 e. The number of amides is 1. The Bertz CT molecular complexity index is 353. The second-order valence-corrected chi connectivity index (χ2v) is 4.59. The molecule has 0 aliphatic rings. The lowest BCUT2D eigenvalue weighted by Crippen LogP contribution is -2.35. The number of rotatable bonds is 7. The fourth-order valence-electron chi connectivity index (χ4n) is 1.74. The van der Waals surface area contributed by atoms with Gasteiger partial charge in [-0.15, -0.1) is 0 Å². The van der Waals surface area contributed by atoms with Crippen molar-refractivity contribution in [1.29, 1.82) is 0 Å². The number of hydrogen-bond acceptors (Lipinski definition) is 3. The number of nitrogens with one attached hydrogen (secondary N) is 1. The molecule has 1 unspecified atom stereocenters. The minimum absolute atomic E-state index is 0.0637. The van der Waals surface area contributed by atoms with Crippen molar-refractivity contribution in [3.8, 4) is 0 Å². The van der Waals surface area contributed by atoms with Crippen molar-refractivity contribution in [1.82, 2.24) is 10.2 Å². The van der Waals surface area contributed by atoms with E-state index in [0.29, 0.717) is 12.6 Å². The van der Waals surface area contributed by atoms with Gasteiger partial charge in [0.2, 0.25) is 5.91 Å². The topological polar surface area (TPSA) is 58.4 Å². The molecule has 0 heterocycles. The zero-order chi connectivity index (χ0) is 13.4. The summed E-state index contributed by atoms with van der Waals surface area (Å²) in [6.07, 6.45) is 0.926. The molecule has 18 heavy (non-hydrogen) atoms. The molecule has 4 heteroatoms. The van der Waals surface area contributed by atoms with Crippen LogP contribution in [0, 0.1) is 0 Å². The summed E-state index contributed by atoms with van der Waals surface area (Å²) in [5, 5.41) is 2.79. The van der Waals surface area contributed by atoms with Crippen LogP contribution in [-0.4, -0.2) is 37.0 Å². The van der Waals surface area contributed by atoms with E-state index >= 15 is 0 Å². The number of carbonyl (C=O) groups excluding carboxylic acids is 1. The summed E-state index contributed by atoms with van der Waals surface area (Å²) >= 11 is 0. The molecule has 1 aromatic carbocycles. The lowest BCUT2D eigenvalue weighted by molar-refractivity contribution is -0.119. The molecule has 1 atom stereocenters. The largest absolute Gasteiger partial charge is 0.355 e. The molecule has 0 fully saturated rings. The van der Waals surface area contributed by atoms with E-state index in [1.807, 2.05) is 6.07 Å². The van der Waals surface area contributed by atoms with Crippen LogP contribution in [0.25, 0.3) is 0 Å². The third-order valence-electron chi connectivity index (χ3n) is 3.10. The lowest BCUT2D eigenvalue weighted by atomic mass is 10.1. The molecule has 0 aliphatic heterocycles. The molecule has 0 bridgehead atoms. The van der Waals surface area contributed by atoms with Crippen LogP contribution < -0.4 is 11.1 Å². The molecule has 4 nitrogen and oxygen atoms in total. The van der Waals surface area contributed by atoms with Crippen LogP contribution in [0.15, 0.2) is 30.3 Å². The zero-order valence-corrected chi connectivity index (χ0v) is 11.2. The molecule has 3 N–H and O–H groups in total. The van der Waals surface area contributed by atoms with Gasteiger partial charge < -0.3 is 11.1 Å². The average Bonchev–Trinajstić information content (AvgIpc) is 2.39. The monoisotopic (exact) mass is 249 g/mol. The Balaban J connectivity index is 2.29. The molecule has 0 spiro atoms. The molecular weight excluding hydrogens is 226 g/mol. The maximum absolute atomic E-state index is 11.0. The lowest BCUT2D eigenvalue weighted by Gasteiger charge is -2.24. The zero-order valence-electron chi connectivity index (χ0n) is 11.2. The van der Waals surface area contributed by atoms with E-state index in [1.165, 1.54) is 5.56 Å². The van der Waals surface area contributed by atoms with E-state index in [4.69, 9.17) is 5.73 Å². The van der Waals surface area contributed by atoms with Crippen LogP contribution >= 0.6 is 0 Å². The fraction of sp³-hybridized carbons (Fsp3) is 0.500. The molecule has 1 aromatic rings. The summed E-state index contributed by atoms with van der Waals surface area (Å²) in [7, 11) is 2.10. The van der Waals surface area contributed by atoms with Gasteiger partial charge in [0.15, 0.2) is 0 Å². The van der Waals surface area contributed by atoms with E-state index < -0.39 is 0 Å². The van der Waals surface area contributed by atoms with Crippen LogP contribution in [0.5, 0.6) is 0 Å². The maximum Gasteiger partial charge on any atom is 0.233 e. The molecule has 100 valence electrons. The predicted molar refractivity (Wildman–Crippen MR) is 74.1 cm³/mol. The Kier molecular flexibility index (Phi) is 6.39. The summed E-state index contributed by atoms with van der Waals surface area (Å²) in [4.78, 5) is 13.3. The SMILES string of the molecule is CC(CCNC(=O)CN)N(C)Cc1ccccc1. The number of benzene rings is 1. The van der Waals surface area contributed by atoms with Gasteiger partial charge in [-0.25, -0.2) is 0 Å². The highest BCUT2D eigenvalue weighted by Gasteiger charge is 2.09. The first-order chi connectivity index (χ1) is 8.63. The van der Waals surface area contributed by atoms with Gasteiger partial charge in [0.25, 0.3) is 0 Å². The van der Waals surface area contributed by atoms with Crippen molar-refractivity contribution < 1.29 is 4.79 Å². The van der Waals surface area contributed by atoms with E-state index in [-0.39, 0.29) is 12.5 Å². The minimum atomic E-state index is -0.0899. The number of carbonyl (C=O) groups is 1. The normalized spacial score (nSPS) is 12.4. The molecule has 0 radical (unpaired) electrons. The predicted octanol–water partition coefficient (Wildman–Crippen LogP) is 0.972. The first kappa shape index (κ1) is 14.7. The molecule has 0 saturated heterocycles. The number of nitrogens with zero attached hydrogens (tertiary/aromatic N) is 1. The van der Waals surface area contributed by atoms with Crippen molar-refractivity contribution in [3.63, 3.8) is 0 Å². The molecule has 0 aliphatic carbocycles. The molecule has 0 saturated carbocycles. The first-order valence-corrected chi connectivity index (χ1v) is 6.34. The third kappa shape index (κ3) is 5.29. The van der Waals surface area contributed by atoms with Gasteiger partial charge in [-0.1, -0.05) is 30.3 Å². The van der Waals surface area contributed by atoms with Crippen LogP contribution in [0.2, 0.25) is 0 Å². The molecule has 1 amide bonds. The fourth-order valence-corrected chi connectivity index (χ4v) is 1.74. The quantitative estimate of drug-likeness (QED) is 0.757. The van der Waals surface area contributed by atoms with Crippen molar-refractivity contribution in [2.45, 2.75) is 25.9 Å². The Morgan fingerprint density at radius 2 is 2.06 bits per heavy atom. The third-order valence-corrected chi connectivity index (χ3v) is 3.10. The highest BCUT2D eigenvalue weighted by atomic mass is 16.1. The van der Waals surface area contributed by atoms with Crippen molar-refractivity contribution in [2.75, 3.05) is 20.1 Å². The average molecular weight is 249 g/mol. The summed E-state index contributed by atoms with van der Waals surface area (Å²) in [6.45, 7) is 3.83. The molecule has 0 aromatic heterocycles. The van der Waals surface area contributed by atoms with E-state index in [9.17, 15) is 4.79 Å². The van der Waals surface area contributed by atoms with Gasteiger partial charge in [-0.2, -0.15) is 0 Å². The van der Waals surface area contributed by atoms with Gasteiger partial charge in [0.05, 0.1) is 6.54 Å². The Morgan fingerprint density at radius 3 is 2.67 bits per heavy atom. The van der Waals surface area contributed by atoms with Gasteiger partial charge >= 0.3 is 0 Å². The Morgan fingerprint density at radius 1 is 1.39 bits per heavy atom. The Hall–Kier alpha value is -1.39. The summed E-state index contributed by atoms with van der Waals surface area (Å²) in [5.74, 6) is -0.0899. The second-order valence-electron chi connectivity index (χ2n) is 4.59. The summed E-state index contributed by atoms with van der Waals surface area (Å²) < 4.78 is 0. The van der Waals surface area contributed by atoms with E-state index in [0.717, 1.165) is 13.0 Å². The van der Waals surface area contributed by atoms with Crippen LogP contribution in [0.4, 0.5) is 0 Å². The first-order valence-electron chi connectivity index (χ1n) is 6.34. The highest BCUT2D eigenvalue weighted by molar-refractivity contribution is 5.77. The number of nitrogens with two attached hydrogens (primary N) is 1. The Labute approximate surface area is 109 Å². The maximum atomic E-state index is 11.0.